The number of hydrogen-bond donors (Lipinski definition) is 1. The van der Waals surface area contributed by atoms with Crippen LogP contribution in [0, 0.1) is 6.92 Å². The first-order valence-corrected chi connectivity index (χ1v) is 11.1. The summed E-state index contributed by atoms with van der Waals surface area (Å²) in [7, 11) is -3.34. The third-order valence-corrected chi connectivity index (χ3v) is 6.22. The molecule has 3 rings (SSSR count). The van der Waals surface area contributed by atoms with E-state index in [1.807, 2.05) is 12.1 Å². The summed E-state index contributed by atoms with van der Waals surface area (Å²) in [6.07, 6.45) is 3.49. The topological polar surface area (TPSA) is 66.5 Å². The monoisotopic (exact) mass is 386 g/mol. The molecule has 0 bridgehead atoms. The largest absolute Gasteiger partial charge is 0.350 e. The number of sulfone groups is 1. The highest BCUT2D eigenvalue weighted by molar-refractivity contribution is 7.90. The molecule has 2 aromatic rings. The van der Waals surface area contributed by atoms with Crippen LogP contribution < -0.4 is 5.32 Å². The van der Waals surface area contributed by atoms with E-state index in [2.05, 4.69) is 29.3 Å². The molecule has 0 aliphatic carbocycles. The molecule has 1 unspecified atom stereocenters. The van der Waals surface area contributed by atoms with Gasteiger partial charge in [-0.1, -0.05) is 30.3 Å². The van der Waals surface area contributed by atoms with Gasteiger partial charge in [0.05, 0.1) is 10.9 Å². The van der Waals surface area contributed by atoms with Crippen LogP contribution in [0.3, 0.4) is 0 Å². The summed E-state index contributed by atoms with van der Waals surface area (Å²) in [5.74, 6) is -0.252. The van der Waals surface area contributed by atoms with Gasteiger partial charge in [0.15, 0.2) is 9.84 Å². The summed E-state index contributed by atoms with van der Waals surface area (Å²) in [6.45, 7) is 4.64. The van der Waals surface area contributed by atoms with Gasteiger partial charge in [-0.15, -0.1) is 0 Å². The zero-order valence-electron chi connectivity index (χ0n) is 15.8. The molecule has 1 fully saturated rings. The van der Waals surface area contributed by atoms with Gasteiger partial charge in [-0.25, -0.2) is 8.42 Å². The summed E-state index contributed by atoms with van der Waals surface area (Å²) in [5, 5.41) is 3.00. The van der Waals surface area contributed by atoms with Gasteiger partial charge in [0, 0.05) is 18.4 Å². The van der Waals surface area contributed by atoms with Crippen molar-refractivity contribution < 1.29 is 13.2 Å². The van der Waals surface area contributed by atoms with Crippen LogP contribution in [0.2, 0.25) is 0 Å². The number of rotatable bonds is 6. The molecule has 144 valence electrons. The van der Waals surface area contributed by atoms with Crippen molar-refractivity contribution in [1.29, 1.82) is 0 Å². The lowest BCUT2D eigenvalue weighted by molar-refractivity contribution is 0.0937. The smallest absolute Gasteiger partial charge is 0.251 e. The maximum Gasteiger partial charge on any atom is 0.251 e. The highest BCUT2D eigenvalue weighted by Crippen LogP contribution is 2.27. The lowest BCUT2D eigenvalue weighted by Crippen LogP contribution is -2.37. The fourth-order valence-electron chi connectivity index (χ4n) is 3.61. The minimum atomic E-state index is -3.34. The highest BCUT2D eigenvalue weighted by atomic mass is 32.2. The summed E-state index contributed by atoms with van der Waals surface area (Å²) >= 11 is 0. The van der Waals surface area contributed by atoms with Gasteiger partial charge in [-0.2, -0.15) is 0 Å². The molecule has 1 saturated heterocycles. The first kappa shape index (κ1) is 19.6. The molecule has 1 amide bonds. The van der Waals surface area contributed by atoms with Crippen LogP contribution in [0.1, 0.15) is 40.4 Å². The van der Waals surface area contributed by atoms with Crippen LogP contribution in [-0.4, -0.2) is 45.1 Å². The maximum absolute atomic E-state index is 12.6. The Morgan fingerprint density at radius 3 is 2.48 bits per heavy atom. The van der Waals surface area contributed by atoms with Gasteiger partial charge in [0.2, 0.25) is 0 Å². The van der Waals surface area contributed by atoms with Crippen molar-refractivity contribution in [3.8, 4) is 0 Å². The van der Waals surface area contributed by atoms with Gasteiger partial charge >= 0.3 is 0 Å². The van der Waals surface area contributed by atoms with Gasteiger partial charge in [-0.05, 0) is 62.2 Å². The molecule has 0 saturated carbocycles. The molecular formula is C21H26N2O3S. The third kappa shape index (κ3) is 4.76. The Morgan fingerprint density at radius 2 is 1.81 bits per heavy atom. The van der Waals surface area contributed by atoms with Crippen LogP contribution >= 0.6 is 0 Å². The highest BCUT2D eigenvalue weighted by Gasteiger charge is 2.25. The Hall–Kier alpha value is -2.18. The average molecular weight is 387 g/mol. The van der Waals surface area contributed by atoms with Crippen molar-refractivity contribution >= 4 is 15.7 Å². The van der Waals surface area contributed by atoms with Crippen molar-refractivity contribution in [3.63, 3.8) is 0 Å². The number of benzene rings is 2. The normalized spacial score (nSPS) is 16.2. The molecule has 1 atom stereocenters. The van der Waals surface area contributed by atoms with Crippen molar-refractivity contribution in [3.05, 3.63) is 65.2 Å². The van der Waals surface area contributed by atoms with E-state index in [1.165, 1.54) is 36.1 Å². The van der Waals surface area contributed by atoms with E-state index < -0.39 is 9.84 Å². The first-order chi connectivity index (χ1) is 12.9. The fourth-order valence-corrected chi connectivity index (χ4v) is 4.28. The SMILES string of the molecule is Cc1ccccc1C(CNC(=O)c1cccc(S(C)(=O)=O)c1)N1CCCC1. The van der Waals surface area contributed by atoms with Gasteiger partial charge in [0.25, 0.3) is 5.91 Å². The lowest BCUT2D eigenvalue weighted by Gasteiger charge is -2.29. The second-order valence-corrected chi connectivity index (χ2v) is 9.14. The van der Waals surface area contributed by atoms with Gasteiger partial charge < -0.3 is 5.32 Å². The van der Waals surface area contributed by atoms with Crippen molar-refractivity contribution in [2.75, 3.05) is 25.9 Å². The van der Waals surface area contributed by atoms with Gasteiger partial charge in [0.1, 0.15) is 0 Å². The summed E-state index contributed by atoms with van der Waals surface area (Å²) in [6, 6.07) is 14.6. The molecule has 1 N–H and O–H groups in total. The van der Waals surface area contributed by atoms with E-state index >= 15 is 0 Å². The molecule has 5 nitrogen and oxygen atoms in total. The third-order valence-electron chi connectivity index (χ3n) is 5.11. The number of carbonyl (C=O) groups is 1. The maximum atomic E-state index is 12.6. The van der Waals surface area contributed by atoms with E-state index in [0.717, 1.165) is 19.3 Å². The Labute approximate surface area is 161 Å². The number of carbonyl (C=O) groups excluding carboxylic acids is 1. The second-order valence-electron chi connectivity index (χ2n) is 7.13. The quantitative estimate of drug-likeness (QED) is 0.829. The van der Waals surface area contributed by atoms with E-state index in [1.54, 1.807) is 12.1 Å². The molecule has 0 radical (unpaired) electrons. The Kier molecular flexibility index (Phi) is 5.97. The fraction of sp³-hybridized carbons (Fsp3) is 0.381. The molecule has 27 heavy (non-hydrogen) atoms. The lowest BCUT2D eigenvalue weighted by atomic mass is 10.00. The predicted molar refractivity (Wildman–Crippen MR) is 107 cm³/mol. The van der Waals surface area contributed by atoms with Crippen LogP contribution in [-0.2, 0) is 9.84 Å². The molecule has 1 aliphatic rings. The van der Waals surface area contributed by atoms with Crippen LogP contribution in [0.25, 0.3) is 0 Å². The van der Waals surface area contributed by atoms with E-state index in [-0.39, 0.29) is 16.8 Å². The molecule has 1 aliphatic heterocycles. The number of likely N-dealkylation sites (tertiary alicyclic amines) is 1. The Bertz CT molecular complexity index is 919. The number of amides is 1. The molecular weight excluding hydrogens is 360 g/mol. The number of nitrogens with one attached hydrogen (secondary N) is 1. The predicted octanol–water partition coefficient (Wildman–Crippen LogP) is 2.97. The number of hydrogen-bond acceptors (Lipinski definition) is 4. The van der Waals surface area contributed by atoms with E-state index in [0.29, 0.717) is 12.1 Å². The van der Waals surface area contributed by atoms with Crippen LogP contribution in [0.5, 0.6) is 0 Å². The summed E-state index contributed by atoms with van der Waals surface area (Å²) < 4.78 is 23.5. The van der Waals surface area contributed by atoms with Crippen molar-refractivity contribution in [2.45, 2.75) is 30.7 Å². The average Bonchev–Trinajstić information content (AvgIpc) is 3.17. The standard InChI is InChI=1S/C21H26N2O3S/c1-16-8-3-4-11-19(16)20(23-12-5-6-13-23)15-22-21(24)17-9-7-10-18(14-17)27(2,25)26/h3-4,7-11,14,20H,5-6,12-13,15H2,1-2H3,(H,22,24). The van der Waals surface area contributed by atoms with Crippen molar-refractivity contribution in [2.24, 2.45) is 0 Å². The zero-order valence-corrected chi connectivity index (χ0v) is 16.6. The summed E-state index contributed by atoms with van der Waals surface area (Å²) in [4.78, 5) is 15.2. The number of nitrogens with zero attached hydrogens (tertiary/aromatic N) is 1. The van der Waals surface area contributed by atoms with E-state index in [9.17, 15) is 13.2 Å². The van der Waals surface area contributed by atoms with E-state index in [4.69, 9.17) is 0 Å². The second kappa shape index (κ2) is 8.23. The van der Waals surface area contributed by atoms with Crippen LogP contribution in [0.15, 0.2) is 53.4 Å². The zero-order chi connectivity index (χ0) is 19.4. The molecule has 2 aromatic carbocycles. The Balaban J connectivity index is 1.77. The first-order valence-electron chi connectivity index (χ1n) is 9.24. The minimum Gasteiger partial charge on any atom is -0.350 e. The molecule has 1 heterocycles. The van der Waals surface area contributed by atoms with Crippen molar-refractivity contribution in [1.82, 2.24) is 10.2 Å². The molecule has 0 spiro atoms. The minimum absolute atomic E-state index is 0.121. The number of aryl methyl sites for hydroxylation is 1. The van der Waals surface area contributed by atoms with Crippen LogP contribution in [0.4, 0.5) is 0 Å². The summed E-state index contributed by atoms with van der Waals surface area (Å²) in [5.41, 5.74) is 2.80. The molecule has 6 heteroatoms. The Morgan fingerprint density at radius 1 is 1.11 bits per heavy atom. The van der Waals surface area contributed by atoms with Gasteiger partial charge in [-0.3, -0.25) is 9.69 Å². The molecule has 0 aromatic heterocycles.